The van der Waals surface area contributed by atoms with E-state index in [1.165, 1.54) is 423 Å². The molecule has 3 heteroatoms. The van der Waals surface area contributed by atoms with Crippen molar-refractivity contribution < 1.29 is 14.2 Å². The average Bonchev–Trinajstić information content (AvgIpc) is 3.67. The van der Waals surface area contributed by atoms with Crippen molar-refractivity contribution in [2.45, 2.75) is 471 Å². The Morgan fingerprint density at radius 1 is 0.176 bits per heavy atom. The van der Waals surface area contributed by atoms with E-state index >= 15 is 0 Å². The van der Waals surface area contributed by atoms with Crippen molar-refractivity contribution in [1.29, 1.82) is 0 Å². The highest BCUT2D eigenvalue weighted by Crippen LogP contribution is 2.40. The van der Waals surface area contributed by atoms with Crippen LogP contribution in [0.2, 0.25) is 0 Å². The van der Waals surface area contributed by atoms with Gasteiger partial charge in [-0.2, -0.15) is 0 Å². The number of unbranched alkanes of at least 4 members (excludes halogenated alkanes) is 64. The van der Waals surface area contributed by atoms with Gasteiger partial charge in [-0.05, 0) is 49.8 Å². The highest BCUT2D eigenvalue weighted by molar-refractivity contribution is 5.54. The van der Waals surface area contributed by atoms with Gasteiger partial charge in [0.1, 0.15) is 0 Å². The van der Waals surface area contributed by atoms with Crippen molar-refractivity contribution in [2.75, 3.05) is 19.8 Å². The van der Waals surface area contributed by atoms with E-state index in [-0.39, 0.29) is 0 Å². The predicted molar refractivity (Wildman–Crippen MR) is 383 cm³/mol. The summed E-state index contributed by atoms with van der Waals surface area (Å²) < 4.78 is 20.1. The molecule has 0 aliphatic carbocycles. The molecule has 0 heterocycles. The number of benzene rings is 1. The summed E-state index contributed by atoms with van der Waals surface area (Å²) in [7, 11) is 0. The van der Waals surface area contributed by atoms with Crippen molar-refractivity contribution >= 4 is 0 Å². The maximum absolute atomic E-state index is 6.73. The molecular weight excluding hydrogens is 1030 g/mol. The van der Waals surface area contributed by atoms with Gasteiger partial charge in [0.05, 0.1) is 19.8 Å². The number of rotatable bonds is 75. The molecule has 0 unspecified atom stereocenters. The predicted octanol–water partition coefficient (Wildman–Crippen LogP) is 30.0. The van der Waals surface area contributed by atoms with Crippen LogP contribution in [0.15, 0.2) is 12.1 Å². The minimum atomic E-state index is 0.749. The van der Waals surface area contributed by atoms with Crippen LogP contribution in [0.3, 0.4) is 0 Å². The van der Waals surface area contributed by atoms with E-state index < -0.39 is 0 Å². The molecule has 0 aromatic heterocycles. The Hall–Kier alpha value is -1.38. The molecule has 0 bridgehead atoms. The smallest absolute Gasteiger partial charge is 0.203 e. The van der Waals surface area contributed by atoms with Crippen LogP contribution in [-0.4, -0.2) is 19.8 Å². The zero-order chi connectivity index (χ0) is 60.8. The number of aryl methyl sites for hydroxylation is 1. The van der Waals surface area contributed by atoms with Gasteiger partial charge < -0.3 is 14.2 Å². The molecule has 0 aliphatic rings. The molecule has 0 aliphatic heterocycles. The van der Waals surface area contributed by atoms with Crippen molar-refractivity contribution in [1.82, 2.24) is 0 Å². The first-order valence-electron chi connectivity index (χ1n) is 40.3. The number of hydrogen-bond acceptors (Lipinski definition) is 3. The van der Waals surface area contributed by atoms with Gasteiger partial charge in [0, 0.05) is 0 Å². The lowest BCUT2D eigenvalue weighted by Crippen LogP contribution is -2.07. The third kappa shape index (κ3) is 61.3. The van der Waals surface area contributed by atoms with Gasteiger partial charge in [0.15, 0.2) is 11.5 Å². The Balaban J connectivity index is 2.41. The highest BCUT2D eigenvalue weighted by atomic mass is 16.5. The van der Waals surface area contributed by atoms with Gasteiger partial charge in [-0.1, -0.05) is 439 Å². The van der Waals surface area contributed by atoms with Crippen molar-refractivity contribution in [3.8, 4) is 17.2 Å². The van der Waals surface area contributed by atoms with Gasteiger partial charge in [0.25, 0.3) is 0 Å². The summed E-state index contributed by atoms with van der Waals surface area (Å²) in [5.74, 6) is 2.74. The molecule has 1 aromatic rings. The first-order chi connectivity index (χ1) is 42.3. The molecule has 3 nitrogen and oxygen atoms in total. The van der Waals surface area contributed by atoms with Crippen LogP contribution >= 0.6 is 0 Å². The van der Waals surface area contributed by atoms with E-state index in [1.54, 1.807) is 0 Å². The second-order valence-corrected chi connectivity index (χ2v) is 27.8. The van der Waals surface area contributed by atoms with E-state index in [2.05, 4.69) is 39.8 Å². The Morgan fingerprint density at radius 2 is 0.329 bits per heavy atom. The Kier molecular flexibility index (Phi) is 68.9. The Morgan fingerprint density at radius 3 is 0.506 bits per heavy atom. The van der Waals surface area contributed by atoms with Crippen molar-refractivity contribution in [3.63, 3.8) is 0 Å². The highest BCUT2D eigenvalue weighted by Gasteiger charge is 2.17. The van der Waals surface area contributed by atoms with Crippen molar-refractivity contribution in [2.24, 2.45) is 0 Å². The normalized spacial score (nSPS) is 11.6. The summed E-state index contributed by atoms with van der Waals surface area (Å²) in [6.45, 7) is 11.5. The largest absolute Gasteiger partial charge is 0.490 e. The van der Waals surface area contributed by atoms with Gasteiger partial charge in [-0.15, -0.1) is 0 Å². The lowest BCUT2D eigenvalue weighted by Gasteiger charge is -2.19. The average molecular weight is 1190 g/mol. The van der Waals surface area contributed by atoms with Crippen LogP contribution in [0.5, 0.6) is 17.2 Å². The number of ether oxygens (including phenoxy) is 3. The molecule has 0 radical (unpaired) electrons. The van der Waals surface area contributed by atoms with Crippen LogP contribution in [0.25, 0.3) is 0 Å². The summed E-state index contributed by atoms with van der Waals surface area (Å²) >= 11 is 0. The second-order valence-electron chi connectivity index (χ2n) is 27.8. The van der Waals surface area contributed by atoms with Crippen LogP contribution in [0.4, 0.5) is 0 Å². The maximum atomic E-state index is 6.73. The van der Waals surface area contributed by atoms with E-state index in [0.29, 0.717) is 0 Å². The standard InChI is InChI=1S/C82H158O3/c1-5-9-13-16-19-22-25-28-31-34-37-40-43-46-49-52-55-58-61-64-67-70-74-83-80-77-79(73-12-8-4)78-81(84-75-71-68-65-62-59-56-53-50-47-44-41-38-35-32-29-26-23-20-17-14-10-6-2)82(80)85-76-72-69-66-63-60-57-54-51-48-45-42-39-36-33-30-27-24-21-18-15-11-7-3/h77-78H,5-76H2,1-4H3. The molecule has 1 rings (SSSR count). The fourth-order valence-corrected chi connectivity index (χ4v) is 13.2. The van der Waals surface area contributed by atoms with Gasteiger partial charge in [-0.3, -0.25) is 0 Å². The van der Waals surface area contributed by atoms with Gasteiger partial charge >= 0.3 is 0 Å². The monoisotopic (exact) mass is 1190 g/mol. The van der Waals surface area contributed by atoms with E-state index in [4.69, 9.17) is 14.2 Å². The van der Waals surface area contributed by atoms with Crippen molar-refractivity contribution in [3.05, 3.63) is 17.7 Å². The molecule has 1 aromatic carbocycles. The molecule has 0 atom stereocenters. The summed E-state index contributed by atoms with van der Waals surface area (Å²) in [6, 6.07) is 4.60. The lowest BCUT2D eigenvalue weighted by atomic mass is 10.0. The van der Waals surface area contributed by atoms with Crippen LogP contribution in [0.1, 0.15) is 470 Å². The third-order valence-corrected chi connectivity index (χ3v) is 19.2. The fraction of sp³-hybridized carbons (Fsp3) is 0.927. The first kappa shape index (κ1) is 81.6. The quantitative estimate of drug-likeness (QED) is 0.0609. The summed E-state index contributed by atoms with van der Waals surface area (Å²) in [5, 5.41) is 0. The second kappa shape index (κ2) is 71.7. The molecule has 0 saturated carbocycles. The van der Waals surface area contributed by atoms with E-state index in [0.717, 1.165) is 62.8 Å². The summed E-state index contributed by atoms with van der Waals surface area (Å²) in [4.78, 5) is 0. The van der Waals surface area contributed by atoms with Crippen LogP contribution in [0, 0.1) is 0 Å². The first-order valence-corrected chi connectivity index (χ1v) is 40.3. The molecule has 85 heavy (non-hydrogen) atoms. The summed E-state index contributed by atoms with van der Waals surface area (Å²) in [5.41, 5.74) is 1.34. The zero-order valence-corrected chi connectivity index (χ0v) is 59.3. The molecule has 0 amide bonds. The fourth-order valence-electron chi connectivity index (χ4n) is 13.2. The van der Waals surface area contributed by atoms with Gasteiger partial charge in [-0.25, -0.2) is 0 Å². The molecule has 0 N–H and O–H groups in total. The SMILES string of the molecule is CCCCCCCCCCCCCCCCCCCCCCCCOc1cc(CCCC)cc(OCCCCCCCCCCCCCCCCCCCCCCCC)c1OCCCCCCCCCCCCCCCCCCCCCCCC. The zero-order valence-electron chi connectivity index (χ0n) is 59.3. The Labute approximate surface area is 537 Å². The van der Waals surface area contributed by atoms with Crippen LogP contribution in [-0.2, 0) is 6.42 Å². The minimum absolute atomic E-state index is 0.749. The molecular formula is C82H158O3. The third-order valence-electron chi connectivity index (χ3n) is 19.2. The lowest BCUT2D eigenvalue weighted by molar-refractivity contribution is 0.234. The van der Waals surface area contributed by atoms with E-state index in [1.807, 2.05) is 0 Å². The maximum Gasteiger partial charge on any atom is 0.203 e. The summed E-state index contributed by atoms with van der Waals surface area (Å²) in [6.07, 6.45) is 96.8. The molecule has 0 saturated heterocycles. The molecule has 0 fully saturated rings. The minimum Gasteiger partial charge on any atom is -0.490 e. The topological polar surface area (TPSA) is 27.7 Å². The van der Waals surface area contributed by atoms with Gasteiger partial charge in [0.2, 0.25) is 5.75 Å². The molecule has 504 valence electrons. The van der Waals surface area contributed by atoms with E-state index in [9.17, 15) is 0 Å². The Bertz CT molecular complexity index is 1300. The number of hydrogen-bond donors (Lipinski definition) is 0. The molecule has 0 spiro atoms. The van der Waals surface area contributed by atoms with Crippen LogP contribution < -0.4 is 14.2 Å².